The van der Waals surface area contributed by atoms with Gasteiger partial charge in [0, 0.05) is 32.0 Å². The molecule has 0 aliphatic carbocycles. The molecule has 0 aromatic carbocycles. The third-order valence-corrected chi connectivity index (χ3v) is 3.35. The average molecular weight is 240 g/mol. The van der Waals surface area contributed by atoms with Crippen LogP contribution in [0.25, 0.3) is 0 Å². The third-order valence-electron chi connectivity index (χ3n) is 3.35. The fraction of sp³-hybridized carbons (Fsp3) is 0.846. The number of unbranched alkanes of at least 4 members (excludes halogenated alkanes) is 1. The number of likely N-dealkylation sites (tertiary alicyclic amines) is 1. The molecule has 0 atom stereocenters. The maximum atomic E-state index is 11.8. The second kappa shape index (κ2) is 7.30. The van der Waals surface area contributed by atoms with Crippen molar-refractivity contribution in [3.8, 4) is 0 Å². The van der Waals surface area contributed by atoms with E-state index in [1.807, 2.05) is 11.8 Å². The van der Waals surface area contributed by atoms with E-state index in [0.29, 0.717) is 6.42 Å². The second-order valence-corrected chi connectivity index (χ2v) is 4.65. The first-order valence-corrected chi connectivity index (χ1v) is 6.74. The molecule has 0 aromatic rings. The number of amides is 2. The highest BCUT2D eigenvalue weighted by Gasteiger charge is 2.26. The summed E-state index contributed by atoms with van der Waals surface area (Å²) in [6.45, 7) is 6.24. The molecule has 1 rings (SSSR count). The summed E-state index contributed by atoms with van der Waals surface area (Å²) in [5, 5.41) is 2.97. The molecule has 4 nitrogen and oxygen atoms in total. The molecule has 0 saturated carbocycles. The minimum atomic E-state index is 0.104. The van der Waals surface area contributed by atoms with E-state index in [1.54, 1.807) is 0 Å². The van der Waals surface area contributed by atoms with E-state index in [-0.39, 0.29) is 17.7 Å². The summed E-state index contributed by atoms with van der Waals surface area (Å²) in [5.74, 6) is 0.477. The van der Waals surface area contributed by atoms with Crippen LogP contribution in [0.3, 0.4) is 0 Å². The quantitative estimate of drug-likeness (QED) is 0.741. The van der Waals surface area contributed by atoms with Crippen molar-refractivity contribution in [1.29, 1.82) is 0 Å². The molecule has 17 heavy (non-hydrogen) atoms. The van der Waals surface area contributed by atoms with Crippen LogP contribution in [0.1, 0.15) is 46.0 Å². The van der Waals surface area contributed by atoms with E-state index in [1.165, 1.54) is 0 Å². The number of carbonyl (C=O) groups is 2. The summed E-state index contributed by atoms with van der Waals surface area (Å²) >= 11 is 0. The molecular weight excluding hydrogens is 216 g/mol. The average Bonchev–Trinajstić information content (AvgIpc) is 2.38. The van der Waals surface area contributed by atoms with Crippen LogP contribution in [-0.2, 0) is 9.59 Å². The van der Waals surface area contributed by atoms with Gasteiger partial charge in [0.1, 0.15) is 0 Å². The lowest BCUT2D eigenvalue weighted by molar-refractivity contribution is -0.135. The van der Waals surface area contributed by atoms with E-state index >= 15 is 0 Å². The van der Waals surface area contributed by atoms with Crippen molar-refractivity contribution in [3.05, 3.63) is 0 Å². The van der Waals surface area contributed by atoms with Gasteiger partial charge in [-0.3, -0.25) is 9.59 Å². The molecule has 98 valence electrons. The van der Waals surface area contributed by atoms with Gasteiger partial charge in [-0.15, -0.1) is 0 Å². The molecule has 1 fully saturated rings. The van der Waals surface area contributed by atoms with Gasteiger partial charge < -0.3 is 10.2 Å². The Morgan fingerprint density at radius 2 is 1.88 bits per heavy atom. The highest BCUT2D eigenvalue weighted by Crippen LogP contribution is 2.17. The molecule has 0 radical (unpaired) electrons. The second-order valence-electron chi connectivity index (χ2n) is 4.65. The van der Waals surface area contributed by atoms with Crippen LogP contribution in [0.15, 0.2) is 0 Å². The Hall–Kier alpha value is -1.06. The Morgan fingerprint density at radius 1 is 1.24 bits per heavy atom. The Morgan fingerprint density at radius 3 is 2.41 bits per heavy atom. The van der Waals surface area contributed by atoms with Crippen LogP contribution in [0, 0.1) is 5.92 Å². The fourth-order valence-electron chi connectivity index (χ4n) is 2.15. The maximum absolute atomic E-state index is 11.8. The zero-order valence-corrected chi connectivity index (χ0v) is 11.0. The predicted octanol–water partition coefficient (Wildman–Crippen LogP) is 1.55. The molecule has 4 heteroatoms. The first-order chi connectivity index (χ1) is 8.19. The van der Waals surface area contributed by atoms with E-state index in [0.717, 1.165) is 45.3 Å². The van der Waals surface area contributed by atoms with Gasteiger partial charge in [-0.25, -0.2) is 0 Å². The lowest BCUT2D eigenvalue weighted by atomic mass is 9.95. The largest absolute Gasteiger partial charge is 0.356 e. The zero-order valence-electron chi connectivity index (χ0n) is 11.0. The van der Waals surface area contributed by atoms with Crippen molar-refractivity contribution in [1.82, 2.24) is 10.2 Å². The van der Waals surface area contributed by atoms with Gasteiger partial charge in [0.05, 0.1) is 0 Å². The number of nitrogens with one attached hydrogen (secondary N) is 1. The van der Waals surface area contributed by atoms with Crippen molar-refractivity contribution in [3.63, 3.8) is 0 Å². The van der Waals surface area contributed by atoms with Crippen LogP contribution >= 0.6 is 0 Å². The first-order valence-electron chi connectivity index (χ1n) is 6.74. The number of rotatable bonds is 5. The van der Waals surface area contributed by atoms with Gasteiger partial charge in [0.15, 0.2) is 0 Å². The zero-order chi connectivity index (χ0) is 12.7. The van der Waals surface area contributed by atoms with Crippen LogP contribution in [0.2, 0.25) is 0 Å². The molecule has 1 N–H and O–H groups in total. The van der Waals surface area contributed by atoms with Crippen molar-refractivity contribution < 1.29 is 9.59 Å². The highest BCUT2D eigenvalue weighted by atomic mass is 16.2. The van der Waals surface area contributed by atoms with Crippen molar-refractivity contribution in [2.75, 3.05) is 19.6 Å². The Labute approximate surface area is 104 Å². The summed E-state index contributed by atoms with van der Waals surface area (Å²) in [6, 6.07) is 0. The predicted molar refractivity (Wildman–Crippen MR) is 67.5 cm³/mol. The molecule has 0 aromatic heterocycles. The van der Waals surface area contributed by atoms with Crippen molar-refractivity contribution in [2.45, 2.75) is 46.0 Å². The lowest BCUT2D eigenvalue weighted by Gasteiger charge is -2.31. The minimum absolute atomic E-state index is 0.104. The van der Waals surface area contributed by atoms with Crippen LogP contribution in [0.5, 0.6) is 0 Å². The van der Waals surface area contributed by atoms with Crippen molar-refractivity contribution >= 4 is 11.8 Å². The normalized spacial score (nSPS) is 16.9. The van der Waals surface area contributed by atoms with Gasteiger partial charge in [0.25, 0.3) is 0 Å². The highest BCUT2D eigenvalue weighted by molar-refractivity contribution is 5.80. The molecule has 0 spiro atoms. The van der Waals surface area contributed by atoms with Crippen molar-refractivity contribution in [2.24, 2.45) is 5.92 Å². The molecule has 0 bridgehead atoms. The van der Waals surface area contributed by atoms with Crippen LogP contribution < -0.4 is 5.32 Å². The standard InChI is InChI=1S/C13H24N2O2/c1-3-5-8-14-13(17)11-6-9-15(10-7-11)12(16)4-2/h11H,3-10H2,1-2H3,(H,14,17). The Kier molecular flexibility index (Phi) is 6.01. The maximum Gasteiger partial charge on any atom is 0.223 e. The number of nitrogens with zero attached hydrogens (tertiary/aromatic N) is 1. The summed E-state index contributed by atoms with van der Waals surface area (Å²) in [6.07, 6.45) is 4.32. The van der Waals surface area contributed by atoms with Gasteiger partial charge in [-0.2, -0.15) is 0 Å². The Bertz CT molecular complexity index is 258. The number of hydrogen-bond donors (Lipinski definition) is 1. The summed E-state index contributed by atoms with van der Waals surface area (Å²) in [5.41, 5.74) is 0. The van der Waals surface area contributed by atoms with Crippen LogP contribution in [-0.4, -0.2) is 36.3 Å². The summed E-state index contributed by atoms with van der Waals surface area (Å²) in [4.78, 5) is 25.2. The minimum Gasteiger partial charge on any atom is -0.356 e. The van der Waals surface area contributed by atoms with E-state index in [9.17, 15) is 9.59 Å². The smallest absolute Gasteiger partial charge is 0.223 e. The molecular formula is C13H24N2O2. The molecule has 2 amide bonds. The summed E-state index contributed by atoms with van der Waals surface area (Å²) in [7, 11) is 0. The van der Waals surface area contributed by atoms with Gasteiger partial charge >= 0.3 is 0 Å². The monoisotopic (exact) mass is 240 g/mol. The number of piperidine rings is 1. The Balaban J connectivity index is 2.26. The number of carbonyl (C=O) groups excluding carboxylic acids is 2. The van der Waals surface area contributed by atoms with E-state index < -0.39 is 0 Å². The lowest BCUT2D eigenvalue weighted by Crippen LogP contribution is -2.43. The van der Waals surface area contributed by atoms with Gasteiger partial charge in [-0.05, 0) is 19.3 Å². The van der Waals surface area contributed by atoms with Crippen LogP contribution in [0.4, 0.5) is 0 Å². The molecule has 1 heterocycles. The van der Waals surface area contributed by atoms with Gasteiger partial charge in [0.2, 0.25) is 11.8 Å². The number of hydrogen-bond acceptors (Lipinski definition) is 2. The van der Waals surface area contributed by atoms with E-state index in [2.05, 4.69) is 12.2 Å². The third kappa shape index (κ3) is 4.36. The molecule has 1 aliphatic rings. The SMILES string of the molecule is CCCCNC(=O)C1CCN(C(=O)CC)CC1. The molecule has 0 unspecified atom stereocenters. The van der Waals surface area contributed by atoms with E-state index in [4.69, 9.17) is 0 Å². The summed E-state index contributed by atoms with van der Waals surface area (Å²) < 4.78 is 0. The van der Waals surface area contributed by atoms with Gasteiger partial charge in [-0.1, -0.05) is 20.3 Å². The fourth-order valence-corrected chi connectivity index (χ4v) is 2.15. The topological polar surface area (TPSA) is 49.4 Å². The molecule has 1 saturated heterocycles. The molecule has 1 aliphatic heterocycles. The first kappa shape index (κ1) is 14.0.